The van der Waals surface area contributed by atoms with Gasteiger partial charge in [0.1, 0.15) is 0 Å². The Morgan fingerprint density at radius 2 is 1.70 bits per heavy atom. The van der Waals surface area contributed by atoms with Gasteiger partial charge in [-0.3, -0.25) is 9.52 Å². The summed E-state index contributed by atoms with van der Waals surface area (Å²) in [6.45, 7) is 12.3. The first-order valence-electron chi connectivity index (χ1n) is 12.5. The summed E-state index contributed by atoms with van der Waals surface area (Å²) in [5.41, 5.74) is 1.62. The van der Waals surface area contributed by atoms with Crippen LogP contribution in [0.5, 0.6) is 11.6 Å². The first-order chi connectivity index (χ1) is 18.4. The summed E-state index contributed by atoms with van der Waals surface area (Å²) in [5.74, 6) is -0.295. The molecule has 1 aromatic heterocycles. The molecule has 3 rings (SSSR count). The molecule has 0 saturated heterocycles. The minimum Gasteiger partial charge on any atom is -0.492 e. The van der Waals surface area contributed by atoms with Crippen molar-refractivity contribution in [2.45, 2.75) is 47.0 Å². The van der Waals surface area contributed by atoms with E-state index in [0.717, 1.165) is 11.8 Å². The monoisotopic (exact) mass is 572 g/mol. The number of aromatic nitrogens is 3. The molecule has 3 N–H and O–H groups in total. The van der Waals surface area contributed by atoms with E-state index in [1.807, 2.05) is 41.5 Å². The van der Waals surface area contributed by atoms with E-state index in [2.05, 4.69) is 25.7 Å². The Morgan fingerprint density at radius 1 is 1.02 bits per heavy atom. The summed E-state index contributed by atoms with van der Waals surface area (Å²) >= 11 is 0. The molecule has 2 aromatic carbocycles. The van der Waals surface area contributed by atoms with Gasteiger partial charge in [0.25, 0.3) is 11.8 Å². The minimum absolute atomic E-state index is 0.00380. The Bertz CT molecular complexity index is 1500. The van der Waals surface area contributed by atoms with Crippen molar-refractivity contribution in [3.8, 4) is 17.3 Å². The third-order valence-corrected chi connectivity index (χ3v) is 6.10. The Hall–Kier alpha value is -4.13. The zero-order valence-electron chi connectivity index (χ0n) is 23.9. The summed E-state index contributed by atoms with van der Waals surface area (Å²) in [6.07, 6.45) is 1.82. The lowest BCUT2D eigenvalue weighted by Crippen LogP contribution is -2.34. The van der Waals surface area contributed by atoms with Crippen molar-refractivity contribution in [1.82, 2.24) is 20.3 Å². The smallest absolute Gasteiger partial charge is 0.414 e. The number of methoxy groups -OCH3 is 1. The second kappa shape index (κ2) is 11.5. The number of carbonyl (C=O) groups excluding carboxylic acids is 2. The summed E-state index contributed by atoms with van der Waals surface area (Å²) in [4.78, 5) is 25.3. The molecule has 40 heavy (non-hydrogen) atoms. The Labute approximate surface area is 234 Å². The SMILES string of the molecule is COc1c(NC(=O)c2cccc(-n3cc(OC(=O)NCC(C)(C)C)nn3)c2)cc(C(C)(C)C)cc1NS(C)(=O)=O. The zero-order valence-corrected chi connectivity index (χ0v) is 24.8. The molecule has 2 amide bonds. The third kappa shape index (κ3) is 8.43. The van der Waals surface area contributed by atoms with Crippen LogP contribution in [0.25, 0.3) is 5.69 Å². The fourth-order valence-corrected chi connectivity index (χ4v) is 4.08. The van der Waals surface area contributed by atoms with Gasteiger partial charge in [0.15, 0.2) is 5.75 Å². The van der Waals surface area contributed by atoms with Gasteiger partial charge in [-0.1, -0.05) is 57.9 Å². The van der Waals surface area contributed by atoms with Crippen molar-refractivity contribution in [3.63, 3.8) is 0 Å². The van der Waals surface area contributed by atoms with Crippen molar-refractivity contribution >= 4 is 33.4 Å². The van der Waals surface area contributed by atoms with Crippen LogP contribution in [0.1, 0.15) is 57.5 Å². The number of benzene rings is 2. The number of anilines is 2. The van der Waals surface area contributed by atoms with E-state index in [-0.39, 0.29) is 28.1 Å². The van der Waals surface area contributed by atoms with E-state index < -0.39 is 22.0 Å². The maximum Gasteiger partial charge on any atom is 0.414 e. The molecule has 3 aromatic rings. The van der Waals surface area contributed by atoms with Crippen LogP contribution >= 0.6 is 0 Å². The second-order valence-electron chi connectivity index (χ2n) is 11.5. The molecule has 1 heterocycles. The van der Waals surface area contributed by atoms with Crippen LogP contribution in [0, 0.1) is 5.41 Å². The van der Waals surface area contributed by atoms with Gasteiger partial charge < -0.3 is 20.1 Å². The number of rotatable bonds is 8. The Kier molecular flexibility index (Phi) is 8.78. The lowest BCUT2D eigenvalue weighted by Gasteiger charge is -2.24. The first kappa shape index (κ1) is 30.4. The fraction of sp³-hybridized carbons (Fsp3) is 0.407. The first-order valence-corrected chi connectivity index (χ1v) is 14.3. The zero-order chi connectivity index (χ0) is 29.9. The highest BCUT2D eigenvalue weighted by Crippen LogP contribution is 2.39. The summed E-state index contributed by atoms with van der Waals surface area (Å²) < 4.78 is 38.5. The second-order valence-corrected chi connectivity index (χ2v) is 13.3. The number of hydrogen-bond donors (Lipinski definition) is 3. The van der Waals surface area contributed by atoms with Crippen LogP contribution in [0.15, 0.2) is 42.6 Å². The van der Waals surface area contributed by atoms with E-state index in [1.54, 1.807) is 36.4 Å². The van der Waals surface area contributed by atoms with Crippen molar-refractivity contribution in [2.24, 2.45) is 5.41 Å². The van der Waals surface area contributed by atoms with E-state index in [1.165, 1.54) is 18.0 Å². The number of nitrogens with zero attached hydrogens (tertiary/aromatic N) is 3. The molecule has 0 unspecified atom stereocenters. The highest BCUT2D eigenvalue weighted by Gasteiger charge is 2.23. The van der Waals surface area contributed by atoms with E-state index >= 15 is 0 Å². The van der Waals surface area contributed by atoms with Gasteiger partial charge in [0.05, 0.1) is 36.6 Å². The average Bonchev–Trinajstić information content (AvgIpc) is 3.29. The number of ether oxygens (including phenoxy) is 2. The summed E-state index contributed by atoms with van der Waals surface area (Å²) in [6, 6.07) is 10.0. The topological polar surface area (TPSA) is 154 Å². The third-order valence-electron chi connectivity index (χ3n) is 5.51. The quantitative estimate of drug-likeness (QED) is 0.360. The van der Waals surface area contributed by atoms with Gasteiger partial charge in [-0.05, 0) is 46.7 Å². The van der Waals surface area contributed by atoms with Crippen molar-refractivity contribution in [3.05, 3.63) is 53.7 Å². The van der Waals surface area contributed by atoms with Gasteiger partial charge in [-0.2, -0.15) is 0 Å². The van der Waals surface area contributed by atoms with Crippen LogP contribution in [-0.4, -0.2) is 55.3 Å². The summed E-state index contributed by atoms with van der Waals surface area (Å²) in [7, 11) is -2.22. The number of hydrogen-bond acceptors (Lipinski definition) is 8. The van der Waals surface area contributed by atoms with Crippen molar-refractivity contribution in [1.29, 1.82) is 0 Å². The number of carbonyl (C=O) groups is 2. The predicted molar refractivity (Wildman–Crippen MR) is 153 cm³/mol. The highest BCUT2D eigenvalue weighted by atomic mass is 32.2. The van der Waals surface area contributed by atoms with Crippen molar-refractivity contribution in [2.75, 3.05) is 29.9 Å². The lowest BCUT2D eigenvalue weighted by molar-refractivity contribution is 0.102. The molecule has 0 fully saturated rings. The van der Waals surface area contributed by atoms with Crippen LogP contribution < -0.4 is 24.8 Å². The standard InChI is InChI=1S/C27H36N6O6S/c1-26(2,3)16-28-25(35)39-22-15-33(32-30-22)19-11-9-10-17(12-19)24(34)29-20-13-18(27(4,5)6)14-21(23(20)38-7)31-40(8,36)37/h9-15,31H,16H2,1-8H3,(H,28,35)(H,29,34). The number of sulfonamides is 1. The Morgan fingerprint density at radius 3 is 2.30 bits per heavy atom. The summed E-state index contributed by atoms with van der Waals surface area (Å²) in [5, 5.41) is 13.4. The molecule has 0 aliphatic rings. The van der Waals surface area contributed by atoms with Gasteiger partial charge in [0, 0.05) is 12.1 Å². The lowest BCUT2D eigenvalue weighted by atomic mass is 9.86. The normalized spacial score (nSPS) is 12.0. The number of nitrogens with one attached hydrogen (secondary N) is 3. The van der Waals surface area contributed by atoms with E-state index in [0.29, 0.717) is 23.5 Å². The maximum absolute atomic E-state index is 13.3. The largest absolute Gasteiger partial charge is 0.492 e. The van der Waals surface area contributed by atoms with Gasteiger partial charge in [0.2, 0.25) is 10.0 Å². The van der Waals surface area contributed by atoms with Gasteiger partial charge in [-0.25, -0.2) is 17.9 Å². The van der Waals surface area contributed by atoms with Crippen LogP contribution in [-0.2, 0) is 15.4 Å². The molecule has 0 atom stereocenters. The molecule has 0 spiro atoms. The van der Waals surface area contributed by atoms with E-state index in [9.17, 15) is 18.0 Å². The highest BCUT2D eigenvalue weighted by molar-refractivity contribution is 7.92. The Balaban J connectivity index is 1.85. The van der Waals surface area contributed by atoms with Gasteiger partial charge >= 0.3 is 6.09 Å². The van der Waals surface area contributed by atoms with Crippen LogP contribution in [0.4, 0.5) is 16.2 Å². The van der Waals surface area contributed by atoms with Crippen LogP contribution in [0.3, 0.4) is 0 Å². The van der Waals surface area contributed by atoms with Gasteiger partial charge in [-0.15, -0.1) is 0 Å². The predicted octanol–water partition coefficient (Wildman–Crippen LogP) is 4.33. The molecule has 0 radical (unpaired) electrons. The molecule has 0 saturated carbocycles. The fourth-order valence-electron chi connectivity index (χ4n) is 3.52. The maximum atomic E-state index is 13.3. The van der Waals surface area contributed by atoms with E-state index in [4.69, 9.17) is 9.47 Å². The molecular formula is C27H36N6O6S. The molecule has 216 valence electrons. The molecule has 0 aliphatic heterocycles. The van der Waals surface area contributed by atoms with Crippen LogP contribution in [0.2, 0.25) is 0 Å². The molecule has 12 nitrogen and oxygen atoms in total. The van der Waals surface area contributed by atoms with Crippen molar-refractivity contribution < 1.29 is 27.5 Å². The molecule has 13 heteroatoms. The minimum atomic E-state index is -3.62. The average molecular weight is 573 g/mol. The number of amides is 2. The molecule has 0 bridgehead atoms. The molecular weight excluding hydrogens is 536 g/mol. The molecule has 0 aliphatic carbocycles.